The molecule has 1 heterocycles. The second kappa shape index (κ2) is 5.19. The smallest absolute Gasteiger partial charge is 0.162 e. The lowest BCUT2D eigenvalue weighted by atomic mass is 10.1. The maximum Gasteiger partial charge on any atom is 0.162 e. The predicted molar refractivity (Wildman–Crippen MR) is 62.9 cm³/mol. The molecule has 0 saturated carbocycles. The van der Waals surface area contributed by atoms with Crippen LogP contribution in [0.15, 0.2) is 18.2 Å². The summed E-state index contributed by atoms with van der Waals surface area (Å²) in [5.41, 5.74) is 0.625. The molecule has 1 fully saturated rings. The molecule has 0 amide bonds. The highest BCUT2D eigenvalue weighted by Gasteiger charge is 2.19. The summed E-state index contributed by atoms with van der Waals surface area (Å²) in [5.74, 6) is 1.26. The van der Waals surface area contributed by atoms with Crippen LogP contribution in [0.5, 0.6) is 11.5 Å². The van der Waals surface area contributed by atoms with Gasteiger partial charge in [-0.2, -0.15) is 0 Å². The number of ketones is 1. The topological polar surface area (TPSA) is 44.8 Å². The summed E-state index contributed by atoms with van der Waals surface area (Å²) < 4.78 is 16.2. The molecule has 0 aromatic heterocycles. The van der Waals surface area contributed by atoms with Crippen LogP contribution in [0.1, 0.15) is 23.7 Å². The molecule has 2 rings (SSSR count). The lowest BCUT2D eigenvalue weighted by Crippen LogP contribution is -2.16. The Morgan fingerprint density at radius 3 is 2.82 bits per heavy atom. The van der Waals surface area contributed by atoms with Crippen LogP contribution >= 0.6 is 0 Å². The number of carbonyl (C=O) groups is 1. The summed E-state index contributed by atoms with van der Waals surface area (Å²) in [6.45, 7) is 2.84. The molecule has 4 nitrogen and oxygen atoms in total. The van der Waals surface area contributed by atoms with Gasteiger partial charge in [-0.25, -0.2) is 0 Å². The Morgan fingerprint density at radius 2 is 2.24 bits per heavy atom. The van der Waals surface area contributed by atoms with Crippen LogP contribution < -0.4 is 9.47 Å². The van der Waals surface area contributed by atoms with Crippen LogP contribution in [-0.4, -0.2) is 32.2 Å². The third-order valence-electron chi connectivity index (χ3n) is 2.75. The normalized spacial score (nSPS) is 19.1. The Bertz CT molecular complexity index is 408. The van der Waals surface area contributed by atoms with E-state index < -0.39 is 0 Å². The van der Waals surface area contributed by atoms with Gasteiger partial charge in [0, 0.05) is 12.0 Å². The Hall–Kier alpha value is -1.55. The van der Waals surface area contributed by atoms with Gasteiger partial charge < -0.3 is 14.2 Å². The highest BCUT2D eigenvalue weighted by atomic mass is 16.6. The zero-order valence-corrected chi connectivity index (χ0v) is 10.1. The number of hydrogen-bond acceptors (Lipinski definition) is 4. The Labute approximate surface area is 100 Å². The van der Waals surface area contributed by atoms with Crippen LogP contribution in [0.25, 0.3) is 0 Å². The molecule has 92 valence electrons. The van der Waals surface area contributed by atoms with Gasteiger partial charge in [0.1, 0.15) is 6.10 Å². The number of ether oxygens (including phenoxy) is 3. The molecule has 1 saturated heterocycles. The van der Waals surface area contributed by atoms with Crippen molar-refractivity contribution in [2.45, 2.75) is 19.4 Å². The van der Waals surface area contributed by atoms with E-state index in [9.17, 15) is 4.79 Å². The summed E-state index contributed by atoms with van der Waals surface area (Å²) in [4.78, 5) is 11.3. The number of rotatable bonds is 4. The average molecular weight is 236 g/mol. The number of methoxy groups -OCH3 is 1. The number of Topliss-reactive ketones (excluding diaryl/α,β-unsaturated/α-hetero) is 1. The molecule has 1 aromatic rings. The van der Waals surface area contributed by atoms with Crippen LogP contribution in [0.3, 0.4) is 0 Å². The van der Waals surface area contributed by atoms with Gasteiger partial charge in [-0.15, -0.1) is 0 Å². The zero-order chi connectivity index (χ0) is 12.3. The monoisotopic (exact) mass is 236 g/mol. The number of benzene rings is 1. The van der Waals surface area contributed by atoms with Crippen LogP contribution in [0, 0.1) is 0 Å². The molecule has 0 unspecified atom stereocenters. The SMILES string of the molecule is COc1ccc(C(C)=O)cc1O[C@@H]1CCOC1. The van der Waals surface area contributed by atoms with Gasteiger partial charge in [0.15, 0.2) is 17.3 Å². The van der Waals surface area contributed by atoms with Crippen LogP contribution in [0.4, 0.5) is 0 Å². The fourth-order valence-electron chi connectivity index (χ4n) is 1.77. The molecule has 0 bridgehead atoms. The zero-order valence-electron chi connectivity index (χ0n) is 10.1. The van der Waals surface area contributed by atoms with Gasteiger partial charge in [0.2, 0.25) is 0 Å². The molecular formula is C13H16O4. The largest absolute Gasteiger partial charge is 0.493 e. The molecular weight excluding hydrogens is 220 g/mol. The van der Waals surface area contributed by atoms with Crippen molar-refractivity contribution in [2.75, 3.05) is 20.3 Å². The van der Waals surface area contributed by atoms with Crippen molar-refractivity contribution in [1.29, 1.82) is 0 Å². The minimum Gasteiger partial charge on any atom is -0.493 e. The summed E-state index contributed by atoms with van der Waals surface area (Å²) in [7, 11) is 1.58. The van der Waals surface area contributed by atoms with Crippen LogP contribution in [-0.2, 0) is 4.74 Å². The van der Waals surface area contributed by atoms with Crippen molar-refractivity contribution in [1.82, 2.24) is 0 Å². The van der Waals surface area contributed by atoms with E-state index in [4.69, 9.17) is 14.2 Å². The Kier molecular flexibility index (Phi) is 3.64. The minimum absolute atomic E-state index is 0.0141. The van der Waals surface area contributed by atoms with Gasteiger partial charge in [-0.05, 0) is 25.1 Å². The third-order valence-corrected chi connectivity index (χ3v) is 2.75. The van der Waals surface area contributed by atoms with Crippen molar-refractivity contribution in [3.8, 4) is 11.5 Å². The quantitative estimate of drug-likeness (QED) is 0.751. The van der Waals surface area contributed by atoms with E-state index in [2.05, 4.69) is 0 Å². The van der Waals surface area contributed by atoms with E-state index in [-0.39, 0.29) is 11.9 Å². The lowest BCUT2D eigenvalue weighted by Gasteiger charge is -2.15. The Morgan fingerprint density at radius 1 is 1.41 bits per heavy atom. The van der Waals surface area contributed by atoms with Crippen molar-refractivity contribution < 1.29 is 19.0 Å². The second-order valence-corrected chi connectivity index (χ2v) is 4.03. The Balaban J connectivity index is 2.21. The summed E-state index contributed by atoms with van der Waals surface area (Å²) in [6.07, 6.45) is 0.916. The van der Waals surface area contributed by atoms with Crippen molar-refractivity contribution in [3.63, 3.8) is 0 Å². The maximum absolute atomic E-state index is 11.3. The molecule has 17 heavy (non-hydrogen) atoms. The lowest BCUT2D eigenvalue weighted by molar-refractivity contribution is 0.101. The minimum atomic E-state index is 0.0141. The fourth-order valence-corrected chi connectivity index (χ4v) is 1.77. The van der Waals surface area contributed by atoms with Gasteiger partial charge in [-0.3, -0.25) is 4.79 Å². The predicted octanol–water partition coefficient (Wildman–Crippen LogP) is 2.07. The standard InChI is InChI=1S/C13H16O4/c1-9(14)10-3-4-12(15-2)13(7-10)17-11-5-6-16-8-11/h3-4,7,11H,5-6,8H2,1-2H3/t11-/m1/s1. The van der Waals surface area contributed by atoms with E-state index in [1.165, 1.54) is 6.92 Å². The van der Waals surface area contributed by atoms with Gasteiger partial charge in [0.05, 0.1) is 20.3 Å². The molecule has 4 heteroatoms. The van der Waals surface area contributed by atoms with E-state index in [0.717, 1.165) is 13.0 Å². The number of carbonyl (C=O) groups excluding carboxylic acids is 1. The molecule has 0 spiro atoms. The molecule has 0 N–H and O–H groups in total. The second-order valence-electron chi connectivity index (χ2n) is 4.03. The van der Waals surface area contributed by atoms with E-state index >= 15 is 0 Å². The van der Waals surface area contributed by atoms with Crippen molar-refractivity contribution in [2.24, 2.45) is 0 Å². The summed E-state index contributed by atoms with van der Waals surface area (Å²) >= 11 is 0. The van der Waals surface area contributed by atoms with Crippen molar-refractivity contribution >= 4 is 5.78 Å². The van der Waals surface area contributed by atoms with Gasteiger partial charge >= 0.3 is 0 Å². The first-order valence-electron chi connectivity index (χ1n) is 5.64. The molecule has 0 radical (unpaired) electrons. The highest BCUT2D eigenvalue weighted by Crippen LogP contribution is 2.30. The van der Waals surface area contributed by atoms with E-state index in [0.29, 0.717) is 23.7 Å². The van der Waals surface area contributed by atoms with Crippen molar-refractivity contribution in [3.05, 3.63) is 23.8 Å². The molecule has 0 aliphatic carbocycles. The van der Waals surface area contributed by atoms with Gasteiger partial charge in [-0.1, -0.05) is 0 Å². The third kappa shape index (κ3) is 2.77. The van der Waals surface area contributed by atoms with Crippen LogP contribution in [0.2, 0.25) is 0 Å². The molecule has 1 aliphatic rings. The molecule has 1 atom stereocenters. The van der Waals surface area contributed by atoms with E-state index in [1.807, 2.05) is 0 Å². The summed E-state index contributed by atoms with van der Waals surface area (Å²) in [5, 5.41) is 0. The average Bonchev–Trinajstić information content (AvgIpc) is 2.81. The highest BCUT2D eigenvalue weighted by molar-refractivity contribution is 5.94. The first-order valence-corrected chi connectivity index (χ1v) is 5.64. The molecule has 1 aromatic carbocycles. The number of hydrogen-bond donors (Lipinski definition) is 0. The first kappa shape index (κ1) is 11.9. The molecule has 1 aliphatic heterocycles. The first-order chi connectivity index (χ1) is 8.20. The fraction of sp³-hybridized carbons (Fsp3) is 0.462. The van der Waals surface area contributed by atoms with Gasteiger partial charge in [0.25, 0.3) is 0 Å². The van der Waals surface area contributed by atoms with E-state index in [1.54, 1.807) is 25.3 Å². The maximum atomic E-state index is 11.3. The summed E-state index contributed by atoms with van der Waals surface area (Å²) in [6, 6.07) is 5.21.